The van der Waals surface area contributed by atoms with Gasteiger partial charge in [0.15, 0.2) is 0 Å². The predicted molar refractivity (Wildman–Crippen MR) is 79.6 cm³/mol. The van der Waals surface area contributed by atoms with Gasteiger partial charge < -0.3 is 5.32 Å². The van der Waals surface area contributed by atoms with Gasteiger partial charge in [-0.2, -0.15) is 28.4 Å². The van der Waals surface area contributed by atoms with E-state index in [0.717, 1.165) is 4.52 Å². The molecule has 3 aromatic rings. The van der Waals surface area contributed by atoms with Gasteiger partial charge in [0.1, 0.15) is 5.82 Å². The average Bonchev–Trinajstić information content (AvgIpc) is 3.00. The Hall–Kier alpha value is -3.48. The van der Waals surface area contributed by atoms with Crippen molar-refractivity contribution < 1.29 is 18.0 Å². The molecule has 0 unspecified atom stereocenters. The summed E-state index contributed by atoms with van der Waals surface area (Å²) in [5, 5.41) is 14.6. The molecule has 3 rings (SSSR count). The number of rotatable bonds is 2. The normalized spacial score (nSPS) is 11.3. The van der Waals surface area contributed by atoms with Crippen LogP contribution in [0.4, 0.5) is 19.0 Å². The van der Waals surface area contributed by atoms with E-state index in [1.54, 1.807) is 0 Å². The summed E-state index contributed by atoms with van der Waals surface area (Å²) in [6, 6.07) is 9.18. The number of alkyl halides is 3. The highest BCUT2D eigenvalue weighted by molar-refractivity contribution is 6.03. The van der Waals surface area contributed by atoms with Crippen molar-refractivity contribution >= 4 is 17.5 Å². The smallest absolute Gasteiger partial charge is 0.306 e. The van der Waals surface area contributed by atoms with E-state index in [2.05, 4.69) is 20.4 Å². The first-order chi connectivity index (χ1) is 11.8. The SMILES string of the molecule is Cc1cc(NC(=O)c2ccc(C#N)cc2)nc2nc(C(F)(F)F)nn12. The summed E-state index contributed by atoms with van der Waals surface area (Å²) < 4.78 is 39.0. The Morgan fingerprint density at radius 3 is 2.52 bits per heavy atom. The number of aromatic nitrogens is 4. The third kappa shape index (κ3) is 3.25. The van der Waals surface area contributed by atoms with Gasteiger partial charge in [0, 0.05) is 17.3 Å². The number of nitriles is 1. The maximum Gasteiger partial charge on any atom is 0.453 e. The maximum absolute atomic E-state index is 12.7. The zero-order valence-electron chi connectivity index (χ0n) is 12.7. The Kier molecular flexibility index (Phi) is 3.84. The number of hydrogen-bond donors (Lipinski definition) is 1. The number of nitrogens with one attached hydrogen (secondary N) is 1. The number of amides is 1. The van der Waals surface area contributed by atoms with Crippen LogP contribution in [0, 0.1) is 18.3 Å². The first-order valence-corrected chi connectivity index (χ1v) is 6.91. The molecule has 25 heavy (non-hydrogen) atoms. The van der Waals surface area contributed by atoms with Gasteiger partial charge in [-0.15, -0.1) is 5.10 Å². The monoisotopic (exact) mass is 346 g/mol. The van der Waals surface area contributed by atoms with Gasteiger partial charge in [-0.3, -0.25) is 4.79 Å². The molecule has 0 saturated carbocycles. The van der Waals surface area contributed by atoms with Gasteiger partial charge in [0.05, 0.1) is 11.6 Å². The lowest BCUT2D eigenvalue weighted by atomic mass is 10.1. The highest BCUT2D eigenvalue weighted by Crippen LogP contribution is 2.26. The van der Waals surface area contributed by atoms with Crippen molar-refractivity contribution in [2.75, 3.05) is 5.32 Å². The average molecular weight is 346 g/mol. The van der Waals surface area contributed by atoms with Crippen molar-refractivity contribution in [3.63, 3.8) is 0 Å². The number of nitrogens with zero attached hydrogens (tertiary/aromatic N) is 5. The third-order valence-electron chi connectivity index (χ3n) is 3.26. The summed E-state index contributed by atoms with van der Waals surface area (Å²) in [7, 11) is 0. The van der Waals surface area contributed by atoms with Crippen LogP contribution in [-0.4, -0.2) is 25.5 Å². The van der Waals surface area contributed by atoms with Gasteiger partial charge in [-0.25, -0.2) is 4.52 Å². The molecule has 2 heterocycles. The predicted octanol–water partition coefficient (Wildman–Crippen LogP) is 2.58. The minimum atomic E-state index is -4.69. The molecule has 0 aliphatic rings. The lowest BCUT2D eigenvalue weighted by Gasteiger charge is -2.06. The zero-order chi connectivity index (χ0) is 18.2. The standard InChI is InChI=1S/C15H9F3N6O/c1-8-6-11(20-12(25)10-4-2-9(7-19)3-5-10)21-14-22-13(15(16,17)18)23-24(8)14/h2-6H,1H3,(H,20,21,22,23,25). The molecule has 0 aliphatic heterocycles. The first-order valence-electron chi connectivity index (χ1n) is 6.91. The number of anilines is 1. The summed E-state index contributed by atoms with van der Waals surface area (Å²) in [4.78, 5) is 19.4. The molecule has 1 N–H and O–H groups in total. The fourth-order valence-electron chi connectivity index (χ4n) is 2.08. The Balaban J connectivity index is 1.90. The van der Waals surface area contributed by atoms with Crippen LogP contribution in [0.3, 0.4) is 0 Å². The molecule has 1 aromatic carbocycles. The molecule has 126 valence electrons. The summed E-state index contributed by atoms with van der Waals surface area (Å²) in [6.45, 7) is 1.51. The van der Waals surface area contributed by atoms with E-state index in [0.29, 0.717) is 11.3 Å². The Labute approximate surface area is 138 Å². The van der Waals surface area contributed by atoms with E-state index in [-0.39, 0.29) is 17.2 Å². The number of halogens is 3. The van der Waals surface area contributed by atoms with Crippen molar-refractivity contribution in [2.24, 2.45) is 0 Å². The molecule has 2 aromatic heterocycles. The van der Waals surface area contributed by atoms with Crippen LogP contribution in [0.2, 0.25) is 0 Å². The molecule has 0 bridgehead atoms. The highest BCUT2D eigenvalue weighted by Gasteiger charge is 2.36. The maximum atomic E-state index is 12.7. The second-order valence-corrected chi connectivity index (χ2v) is 5.07. The van der Waals surface area contributed by atoms with Gasteiger partial charge in [0.25, 0.3) is 17.5 Å². The summed E-state index contributed by atoms with van der Waals surface area (Å²) in [6.07, 6.45) is -4.69. The van der Waals surface area contributed by atoms with Crippen molar-refractivity contribution in [2.45, 2.75) is 13.1 Å². The Morgan fingerprint density at radius 2 is 1.92 bits per heavy atom. The third-order valence-corrected chi connectivity index (χ3v) is 3.26. The Morgan fingerprint density at radius 1 is 1.24 bits per heavy atom. The summed E-state index contributed by atoms with van der Waals surface area (Å²) in [5.74, 6) is -2.06. The van der Waals surface area contributed by atoms with E-state index in [1.807, 2.05) is 6.07 Å². The molecule has 0 spiro atoms. The van der Waals surface area contributed by atoms with Crippen LogP contribution in [0.15, 0.2) is 30.3 Å². The summed E-state index contributed by atoms with van der Waals surface area (Å²) in [5.41, 5.74) is 0.994. The molecule has 0 atom stereocenters. The Bertz CT molecular complexity index is 1000. The van der Waals surface area contributed by atoms with Crippen LogP contribution in [-0.2, 0) is 6.18 Å². The molecular formula is C15H9F3N6O. The van der Waals surface area contributed by atoms with Gasteiger partial charge >= 0.3 is 6.18 Å². The fourth-order valence-corrected chi connectivity index (χ4v) is 2.08. The largest absolute Gasteiger partial charge is 0.453 e. The minimum absolute atomic E-state index is 0.0421. The topological polar surface area (TPSA) is 96.0 Å². The number of carbonyl (C=O) groups excluding carboxylic acids is 1. The van der Waals surface area contributed by atoms with E-state index in [4.69, 9.17) is 5.26 Å². The molecule has 10 heteroatoms. The van der Waals surface area contributed by atoms with Crippen LogP contribution < -0.4 is 5.32 Å². The minimum Gasteiger partial charge on any atom is -0.306 e. The number of benzene rings is 1. The molecule has 0 aliphatic carbocycles. The number of fused-ring (bicyclic) bond motifs is 1. The van der Waals surface area contributed by atoms with E-state index < -0.39 is 17.9 Å². The van der Waals surface area contributed by atoms with E-state index >= 15 is 0 Å². The van der Waals surface area contributed by atoms with Crippen molar-refractivity contribution in [3.05, 3.63) is 53.0 Å². The van der Waals surface area contributed by atoms with Crippen molar-refractivity contribution in [3.8, 4) is 6.07 Å². The van der Waals surface area contributed by atoms with Crippen molar-refractivity contribution in [1.29, 1.82) is 5.26 Å². The number of carbonyl (C=O) groups is 1. The van der Waals surface area contributed by atoms with E-state index in [9.17, 15) is 18.0 Å². The zero-order valence-corrected chi connectivity index (χ0v) is 12.7. The molecule has 7 nitrogen and oxygen atoms in total. The van der Waals surface area contributed by atoms with Crippen LogP contribution >= 0.6 is 0 Å². The van der Waals surface area contributed by atoms with Crippen LogP contribution in [0.5, 0.6) is 0 Å². The molecule has 0 radical (unpaired) electrons. The second-order valence-electron chi connectivity index (χ2n) is 5.07. The van der Waals surface area contributed by atoms with Crippen LogP contribution in [0.1, 0.15) is 27.4 Å². The summed E-state index contributed by atoms with van der Waals surface area (Å²) >= 11 is 0. The molecule has 1 amide bonds. The molecule has 0 fully saturated rings. The second kappa shape index (κ2) is 5.86. The number of hydrogen-bond acceptors (Lipinski definition) is 5. The fraction of sp³-hybridized carbons (Fsp3) is 0.133. The lowest BCUT2D eigenvalue weighted by molar-refractivity contribution is -0.144. The first kappa shape index (κ1) is 16.4. The van der Waals surface area contributed by atoms with Gasteiger partial charge in [0.2, 0.25) is 0 Å². The van der Waals surface area contributed by atoms with E-state index in [1.165, 1.54) is 37.3 Å². The molecule has 0 saturated heterocycles. The quantitative estimate of drug-likeness (QED) is 0.769. The lowest BCUT2D eigenvalue weighted by Crippen LogP contribution is -2.14. The van der Waals surface area contributed by atoms with Gasteiger partial charge in [-0.1, -0.05) is 0 Å². The van der Waals surface area contributed by atoms with Crippen molar-refractivity contribution in [1.82, 2.24) is 19.6 Å². The number of aryl methyl sites for hydroxylation is 1. The van der Waals surface area contributed by atoms with Gasteiger partial charge in [-0.05, 0) is 31.2 Å². The molecular weight excluding hydrogens is 337 g/mol. The van der Waals surface area contributed by atoms with Crippen LogP contribution in [0.25, 0.3) is 5.78 Å². The highest BCUT2D eigenvalue weighted by atomic mass is 19.4.